The number of aromatic carboxylic acids is 1. The maximum atomic E-state index is 11.2. The van der Waals surface area contributed by atoms with Gasteiger partial charge in [-0.05, 0) is 47.5 Å². The van der Waals surface area contributed by atoms with Crippen molar-refractivity contribution in [3.8, 4) is 5.75 Å². The highest BCUT2D eigenvalue weighted by atomic mass is 35.5. The molecule has 1 heterocycles. The molecule has 5 heteroatoms. The Kier molecular flexibility index (Phi) is 5.31. The van der Waals surface area contributed by atoms with Crippen LogP contribution in [0.15, 0.2) is 66.9 Å². The van der Waals surface area contributed by atoms with E-state index >= 15 is 0 Å². The summed E-state index contributed by atoms with van der Waals surface area (Å²) in [6.07, 6.45) is 2.06. The normalized spacial score (nSPS) is 10.4. The fourth-order valence-corrected chi connectivity index (χ4v) is 2.54. The van der Waals surface area contributed by atoms with Crippen LogP contribution < -0.4 is 4.74 Å². The summed E-state index contributed by atoms with van der Waals surface area (Å²) in [5.41, 5.74) is 2.78. The Hall–Kier alpha value is -2.85. The summed E-state index contributed by atoms with van der Waals surface area (Å²) in [5.74, 6) is -0.218. The highest BCUT2D eigenvalue weighted by molar-refractivity contribution is 6.30. The van der Waals surface area contributed by atoms with E-state index in [0.717, 1.165) is 16.9 Å². The first-order chi connectivity index (χ1) is 12.1. The molecule has 0 radical (unpaired) electrons. The van der Waals surface area contributed by atoms with E-state index in [1.165, 1.54) is 0 Å². The molecule has 126 valence electrons. The third-order valence-electron chi connectivity index (χ3n) is 3.73. The van der Waals surface area contributed by atoms with E-state index < -0.39 is 5.97 Å². The Morgan fingerprint density at radius 1 is 1.00 bits per heavy atom. The van der Waals surface area contributed by atoms with Gasteiger partial charge in [-0.3, -0.25) is 4.98 Å². The monoisotopic (exact) mass is 353 g/mol. The first-order valence-electron chi connectivity index (χ1n) is 7.75. The van der Waals surface area contributed by atoms with Crippen molar-refractivity contribution in [2.24, 2.45) is 0 Å². The highest BCUT2D eigenvalue weighted by Gasteiger charge is 2.11. The average molecular weight is 354 g/mol. The van der Waals surface area contributed by atoms with Crippen LogP contribution in [-0.4, -0.2) is 16.1 Å². The second-order valence-corrected chi connectivity index (χ2v) is 5.98. The molecule has 0 saturated carbocycles. The quantitative estimate of drug-likeness (QED) is 0.703. The molecular formula is C20H16ClNO3. The van der Waals surface area contributed by atoms with E-state index in [4.69, 9.17) is 16.3 Å². The number of carbonyl (C=O) groups is 1. The second-order valence-electron chi connectivity index (χ2n) is 5.54. The van der Waals surface area contributed by atoms with Crippen LogP contribution in [-0.2, 0) is 13.0 Å². The molecule has 0 unspecified atom stereocenters. The van der Waals surface area contributed by atoms with E-state index in [1.54, 1.807) is 18.3 Å². The van der Waals surface area contributed by atoms with Gasteiger partial charge in [0.15, 0.2) is 0 Å². The molecule has 0 spiro atoms. The number of pyridine rings is 1. The minimum Gasteiger partial charge on any atom is -0.489 e. The van der Waals surface area contributed by atoms with Crippen molar-refractivity contribution in [2.75, 3.05) is 0 Å². The van der Waals surface area contributed by atoms with Gasteiger partial charge in [0.2, 0.25) is 0 Å². The molecule has 0 saturated heterocycles. The van der Waals surface area contributed by atoms with Crippen molar-refractivity contribution < 1.29 is 14.6 Å². The number of carboxylic acids is 1. The molecule has 0 bridgehead atoms. The van der Waals surface area contributed by atoms with Crippen molar-refractivity contribution in [1.82, 2.24) is 4.98 Å². The molecule has 0 aliphatic rings. The maximum absolute atomic E-state index is 11.2. The van der Waals surface area contributed by atoms with Gasteiger partial charge in [-0.15, -0.1) is 0 Å². The Labute approximate surface area is 150 Å². The third-order valence-corrected chi connectivity index (χ3v) is 3.99. The largest absolute Gasteiger partial charge is 0.489 e. The fourth-order valence-electron chi connectivity index (χ4n) is 2.42. The molecule has 1 N–H and O–H groups in total. The highest BCUT2D eigenvalue weighted by Crippen LogP contribution is 2.18. The van der Waals surface area contributed by atoms with Gasteiger partial charge in [-0.1, -0.05) is 35.9 Å². The van der Waals surface area contributed by atoms with Gasteiger partial charge in [-0.2, -0.15) is 0 Å². The van der Waals surface area contributed by atoms with Gasteiger partial charge >= 0.3 is 5.97 Å². The minimum atomic E-state index is -0.967. The Bertz CT molecular complexity index is 861. The van der Waals surface area contributed by atoms with Crippen LogP contribution in [0.5, 0.6) is 5.75 Å². The van der Waals surface area contributed by atoms with Gasteiger partial charge in [0.1, 0.15) is 12.4 Å². The number of hydrogen-bond acceptors (Lipinski definition) is 3. The molecule has 0 aliphatic carbocycles. The van der Waals surface area contributed by atoms with Gasteiger partial charge in [0.05, 0.1) is 11.3 Å². The molecule has 25 heavy (non-hydrogen) atoms. The first kappa shape index (κ1) is 17.0. The van der Waals surface area contributed by atoms with Crippen LogP contribution in [0.4, 0.5) is 0 Å². The van der Waals surface area contributed by atoms with E-state index in [2.05, 4.69) is 4.98 Å². The van der Waals surface area contributed by atoms with Crippen molar-refractivity contribution in [3.05, 3.63) is 94.3 Å². The van der Waals surface area contributed by atoms with E-state index in [1.807, 2.05) is 48.5 Å². The molecule has 4 nitrogen and oxygen atoms in total. The lowest BCUT2D eigenvalue weighted by molar-refractivity contribution is 0.0695. The summed E-state index contributed by atoms with van der Waals surface area (Å²) in [4.78, 5) is 15.4. The van der Waals surface area contributed by atoms with Gasteiger partial charge in [-0.25, -0.2) is 4.79 Å². The van der Waals surface area contributed by atoms with Crippen LogP contribution >= 0.6 is 11.6 Å². The predicted molar refractivity (Wildman–Crippen MR) is 96.2 cm³/mol. The third kappa shape index (κ3) is 4.58. The molecule has 2 aromatic carbocycles. The number of halogens is 1. The lowest BCUT2D eigenvalue weighted by Crippen LogP contribution is -2.05. The fraction of sp³-hybridized carbons (Fsp3) is 0.100. The number of ether oxygens (including phenoxy) is 1. The van der Waals surface area contributed by atoms with Crippen LogP contribution in [0.1, 0.15) is 27.2 Å². The number of aromatic nitrogens is 1. The molecule has 0 atom stereocenters. The lowest BCUT2D eigenvalue weighted by atomic mass is 10.1. The van der Waals surface area contributed by atoms with Gasteiger partial charge < -0.3 is 9.84 Å². The average Bonchev–Trinajstić information content (AvgIpc) is 2.63. The zero-order valence-electron chi connectivity index (χ0n) is 13.4. The minimum absolute atomic E-state index is 0.227. The van der Waals surface area contributed by atoms with Gasteiger partial charge in [0.25, 0.3) is 0 Å². The zero-order valence-corrected chi connectivity index (χ0v) is 14.1. The summed E-state index contributed by atoms with van der Waals surface area (Å²) in [5, 5.41) is 9.91. The topological polar surface area (TPSA) is 59.4 Å². The molecule has 1 aromatic heterocycles. The molecule has 3 rings (SSSR count). The molecule has 0 amide bonds. The standard InChI is InChI=1S/C20H16ClNO3/c21-16-7-3-15(4-8-16)13-25-17-9-5-14(6-10-17)12-19-18(20(23)24)2-1-11-22-19/h1-11H,12-13H2,(H,23,24). The van der Waals surface area contributed by atoms with Crippen LogP contribution in [0, 0.1) is 0 Å². The van der Waals surface area contributed by atoms with Crippen molar-refractivity contribution in [2.45, 2.75) is 13.0 Å². The van der Waals surface area contributed by atoms with Crippen molar-refractivity contribution in [3.63, 3.8) is 0 Å². The second kappa shape index (κ2) is 7.81. The van der Waals surface area contributed by atoms with Crippen LogP contribution in [0.25, 0.3) is 0 Å². The first-order valence-corrected chi connectivity index (χ1v) is 8.13. The number of carboxylic acid groups (broad SMARTS) is 1. The van der Waals surface area contributed by atoms with Crippen LogP contribution in [0.2, 0.25) is 5.02 Å². The van der Waals surface area contributed by atoms with Crippen LogP contribution in [0.3, 0.4) is 0 Å². The van der Waals surface area contributed by atoms with Crippen molar-refractivity contribution >= 4 is 17.6 Å². The summed E-state index contributed by atoms with van der Waals surface area (Å²) in [7, 11) is 0. The smallest absolute Gasteiger partial charge is 0.337 e. The zero-order chi connectivity index (χ0) is 17.6. The van der Waals surface area contributed by atoms with E-state index in [0.29, 0.717) is 23.7 Å². The summed E-state index contributed by atoms with van der Waals surface area (Å²) < 4.78 is 5.75. The number of benzene rings is 2. The predicted octanol–water partition coefficient (Wildman–Crippen LogP) is 4.60. The molecule has 0 aliphatic heterocycles. The molecular weight excluding hydrogens is 338 g/mol. The number of nitrogens with zero attached hydrogens (tertiary/aromatic N) is 1. The lowest BCUT2D eigenvalue weighted by Gasteiger charge is -2.08. The Morgan fingerprint density at radius 2 is 1.68 bits per heavy atom. The summed E-state index contributed by atoms with van der Waals surface area (Å²) in [6, 6.07) is 18.3. The number of rotatable bonds is 6. The Balaban J connectivity index is 1.64. The summed E-state index contributed by atoms with van der Waals surface area (Å²) in [6.45, 7) is 0.458. The van der Waals surface area contributed by atoms with E-state index in [-0.39, 0.29) is 5.56 Å². The Morgan fingerprint density at radius 3 is 2.36 bits per heavy atom. The molecule has 0 fully saturated rings. The SMILES string of the molecule is O=C(O)c1cccnc1Cc1ccc(OCc2ccc(Cl)cc2)cc1. The van der Waals surface area contributed by atoms with E-state index in [9.17, 15) is 9.90 Å². The van der Waals surface area contributed by atoms with Crippen molar-refractivity contribution in [1.29, 1.82) is 0 Å². The summed E-state index contributed by atoms with van der Waals surface area (Å²) >= 11 is 5.86. The maximum Gasteiger partial charge on any atom is 0.337 e. The number of hydrogen-bond donors (Lipinski definition) is 1. The van der Waals surface area contributed by atoms with Gasteiger partial charge in [0, 0.05) is 17.6 Å². The molecule has 3 aromatic rings.